The third kappa shape index (κ3) is 7.67. The summed E-state index contributed by atoms with van der Waals surface area (Å²) in [7, 11) is 3.00. The number of aliphatic hydroxyl groups is 1. The first-order valence-corrected chi connectivity index (χ1v) is 13.7. The predicted molar refractivity (Wildman–Crippen MR) is 153 cm³/mol. The maximum Gasteiger partial charge on any atom is 0.306 e. The van der Waals surface area contributed by atoms with E-state index in [1.807, 2.05) is 20.8 Å². The lowest BCUT2D eigenvalue weighted by atomic mass is 9.93. The number of benzene rings is 2. The van der Waals surface area contributed by atoms with Gasteiger partial charge in [-0.1, -0.05) is 44.5 Å². The topological polar surface area (TPSA) is 117 Å². The monoisotopic (exact) mass is 574 g/mol. The SMILES string of the molecule is COc1cccc(C(O)c2cc(Cl)ccc2N(CC(C)(C)C)C(=O)CCC(=O)N2CCC(C(=O)O)CC2)c1OC. The van der Waals surface area contributed by atoms with Gasteiger partial charge >= 0.3 is 5.97 Å². The second kappa shape index (κ2) is 13.4. The van der Waals surface area contributed by atoms with Crippen LogP contribution in [0.5, 0.6) is 11.5 Å². The van der Waals surface area contributed by atoms with Gasteiger partial charge in [-0.2, -0.15) is 0 Å². The Morgan fingerprint density at radius 1 is 1.05 bits per heavy atom. The first-order valence-electron chi connectivity index (χ1n) is 13.4. The van der Waals surface area contributed by atoms with Crippen LogP contribution in [0.25, 0.3) is 0 Å². The summed E-state index contributed by atoms with van der Waals surface area (Å²) < 4.78 is 10.9. The quantitative estimate of drug-likeness (QED) is 0.413. The van der Waals surface area contributed by atoms with Crippen molar-refractivity contribution in [3.05, 3.63) is 52.5 Å². The first kappa shape index (κ1) is 31.2. The van der Waals surface area contributed by atoms with Crippen LogP contribution in [0.3, 0.4) is 0 Å². The number of anilines is 1. The van der Waals surface area contributed by atoms with Gasteiger partial charge in [0, 0.05) is 54.3 Å². The lowest BCUT2D eigenvalue weighted by molar-refractivity contribution is -0.145. The van der Waals surface area contributed by atoms with Gasteiger partial charge in [-0.05, 0) is 42.5 Å². The first-order chi connectivity index (χ1) is 18.9. The van der Waals surface area contributed by atoms with Gasteiger partial charge in [0.2, 0.25) is 11.8 Å². The molecule has 0 aromatic heterocycles. The number of aliphatic hydroxyl groups excluding tert-OH is 1. The Hall–Kier alpha value is -3.30. The highest BCUT2D eigenvalue weighted by molar-refractivity contribution is 6.30. The molecule has 0 aliphatic carbocycles. The van der Waals surface area contributed by atoms with E-state index < -0.39 is 18.0 Å². The molecule has 1 saturated heterocycles. The minimum Gasteiger partial charge on any atom is -0.493 e. The number of nitrogens with zero attached hydrogens (tertiary/aromatic N) is 2. The lowest BCUT2D eigenvalue weighted by Crippen LogP contribution is -2.42. The predicted octanol–water partition coefficient (Wildman–Crippen LogP) is 4.92. The molecule has 1 aliphatic rings. The summed E-state index contributed by atoms with van der Waals surface area (Å²) in [5, 5.41) is 21.2. The number of amides is 2. The molecular formula is C30H39ClN2O7. The molecule has 1 unspecified atom stereocenters. The zero-order valence-corrected chi connectivity index (χ0v) is 24.5. The van der Waals surface area contributed by atoms with E-state index in [0.717, 1.165) is 0 Å². The number of carbonyl (C=O) groups is 3. The Morgan fingerprint density at radius 3 is 2.30 bits per heavy atom. The minimum atomic E-state index is -1.19. The van der Waals surface area contributed by atoms with Crippen molar-refractivity contribution in [2.75, 3.05) is 38.8 Å². The number of ether oxygens (including phenoxy) is 2. The van der Waals surface area contributed by atoms with Crippen molar-refractivity contribution >= 4 is 35.1 Å². The number of aliphatic carboxylic acids is 1. The van der Waals surface area contributed by atoms with Crippen LogP contribution in [0, 0.1) is 11.3 Å². The third-order valence-corrected chi connectivity index (χ3v) is 7.22. The lowest BCUT2D eigenvalue weighted by Gasteiger charge is -2.33. The van der Waals surface area contributed by atoms with Gasteiger partial charge in [-0.15, -0.1) is 0 Å². The second-order valence-corrected chi connectivity index (χ2v) is 11.7. The third-order valence-electron chi connectivity index (χ3n) is 6.99. The molecule has 1 fully saturated rings. The number of carboxylic acid groups (broad SMARTS) is 1. The molecule has 3 rings (SSSR count). The van der Waals surface area contributed by atoms with Crippen LogP contribution in [0.4, 0.5) is 5.69 Å². The molecule has 10 heteroatoms. The number of halogens is 1. The van der Waals surface area contributed by atoms with Crippen LogP contribution in [0.1, 0.15) is 63.7 Å². The summed E-state index contributed by atoms with van der Waals surface area (Å²) in [6, 6.07) is 10.2. The number of piperidine rings is 1. The van der Waals surface area contributed by atoms with Gasteiger partial charge in [-0.25, -0.2) is 0 Å². The zero-order valence-electron chi connectivity index (χ0n) is 23.8. The molecular weight excluding hydrogens is 536 g/mol. The largest absolute Gasteiger partial charge is 0.493 e. The van der Waals surface area contributed by atoms with Crippen molar-refractivity contribution in [2.24, 2.45) is 11.3 Å². The Morgan fingerprint density at radius 2 is 1.73 bits per heavy atom. The Balaban J connectivity index is 1.89. The number of hydrogen-bond donors (Lipinski definition) is 2. The molecule has 2 aromatic rings. The number of para-hydroxylation sites is 1. The molecule has 2 N–H and O–H groups in total. The van der Waals surface area contributed by atoms with E-state index in [1.165, 1.54) is 14.2 Å². The van der Waals surface area contributed by atoms with Crippen molar-refractivity contribution in [3.8, 4) is 11.5 Å². The van der Waals surface area contributed by atoms with E-state index in [4.69, 9.17) is 21.1 Å². The zero-order chi connectivity index (χ0) is 29.6. The number of carbonyl (C=O) groups excluding carboxylic acids is 2. The van der Waals surface area contributed by atoms with Gasteiger partial charge in [-0.3, -0.25) is 14.4 Å². The summed E-state index contributed by atoms with van der Waals surface area (Å²) in [4.78, 5) is 41.0. The number of hydrogen-bond acceptors (Lipinski definition) is 6. The molecule has 9 nitrogen and oxygen atoms in total. The van der Waals surface area contributed by atoms with E-state index >= 15 is 0 Å². The summed E-state index contributed by atoms with van der Waals surface area (Å²) in [5.41, 5.74) is 1.05. The molecule has 1 atom stereocenters. The van der Waals surface area contributed by atoms with Crippen LogP contribution in [0.2, 0.25) is 5.02 Å². The number of likely N-dealkylation sites (tertiary alicyclic amines) is 1. The minimum absolute atomic E-state index is 0.00635. The fraction of sp³-hybridized carbons (Fsp3) is 0.500. The van der Waals surface area contributed by atoms with Gasteiger partial charge in [0.15, 0.2) is 11.5 Å². The molecule has 2 amide bonds. The fourth-order valence-electron chi connectivity index (χ4n) is 4.95. The molecule has 40 heavy (non-hydrogen) atoms. The smallest absolute Gasteiger partial charge is 0.306 e. The van der Waals surface area contributed by atoms with Crippen molar-refractivity contribution < 1.29 is 34.1 Å². The van der Waals surface area contributed by atoms with Crippen molar-refractivity contribution in [1.82, 2.24) is 4.90 Å². The van der Waals surface area contributed by atoms with E-state index in [0.29, 0.717) is 65.8 Å². The van der Waals surface area contributed by atoms with Crippen LogP contribution in [-0.4, -0.2) is 66.8 Å². The Bertz CT molecular complexity index is 1220. The highest BCUT2D eigenvalue weighted by atomic mass is 35.5. The van der Waals surface area contributed by atoms with E-state index in [9.17, 15) is 24.6 Å². The number of rotatable bonds is 10. The van der Waals surface area contributed by atoms with Crippen molar-refractivity contribution in [1.29, 1.82) is 0 Å². The number of methoxy groups -OCH3 is 2. The van der Waals surface area contributed by atoms with Crippen molar-refractivity contribution in [3.63, 3.8) is 0 Å². The van der Waals surface area contributed by atoms with Gasteiger partial charge in [0.1, 0.15) is 6.10 Å². The second-order valence-electron chi connectivity index (χ2n) is 11.2. The van der Waals surface area contributed by atoms with Crippen LogP contribution in [-0.2, 0) is 14.4 Å². The van der Waals surface area contributed by atoms with Crippen LogP contribution in [0.15, 0.2) is 36.4 Å². The van der Waals surface area contributed by atoms with Crippen LogP contribution < -0.4 is 14.4 Å². The van der Waals surface area contributed by atoms with Crippen molar-refractivity contribution in [2.45, 2.75) is 52.6 Å². The average Bonchev–Trinajstić information content (AvgIpc) is 2.93. The molecule has 0 bridgehead atoms. The Labute approximate surface area is 240 Å². The van der Waals surface area contributed by atoms with E-state index in [1.54, 1.807) is 46.2 Å². The summed E-state index contributed by atoms with van der Waals surface area (Å²) >= 11 is 6.36. The molecule has 218 valence electrons. The highest BCUT2D eigenvalue weighted by Crippen LogP contribution is 2.41. The van der Waals surface area contributed by atoms with E-state index in [-0.39, 0.29) is 30.1 Å². The molecule has 2 aromatic carbocycles. The summed E-state index contributed by atoms with van der Waals surface area (Å²) in [6.45, 7) is 7.07. The molecule has 1 aliphatic heterocycles. The molecule has 0 radical (unpaired) electrons. The molecule has 0 spiro atoms. The van der Waals surface area contributed by atoms with Gasteiger partial charge in [0.05, 0.1) is 20.1 Å². The average molecular weight is 575 g/mol. The maximum atomic E-state index is 13.7. The highest BCUT2D eigenvalue weighted by Gasteiger charge is 2.31. The normalized spacial score (nSPS) is 14.9. The van der Waals surface area contributed by atoms with E-state index in [2.05, 4.69) is 0 Å². The standard InChI is InChI=1S/C30H39ClN2O7/c1-30(2,3)18-33(26(35)12-11-25(34)32-15-13-19(14-16-32)29(37)38)23-10-9-20(31)17-22(23)27(36)21-7-6-8-24(39-4)28(21)40-5/h6-10,17,19,27,36H,11-16,18H2,1-5H3,(H,37,38). The van der Waals surface area contributed by atoms with Gasteiger partial charge < -0.3 is 29.5 Å². The maximum absolute atomic E-state index is 13.7. The molecule has 0 saturated carbocycles. The fourth-order valence-corrected chi connectivity index (χ4v) is 5.13. The molecule has 1 heterocycles. The van der Waals surface area contributed by atoms with Gasteiger partial charge in [0.25, 0.3) is 0 Å². The summed E-state index contributed by atoms with van der Waals surface area (Å²) in [6.07, 6.45) is -0.400. The summed E-state index contributed by atoms with van der Waals surface area (Å²) in [5.74, 6) is -0.897. The Kier molecular flexibility index (Phi) is 10.4. The van der Waals surface area contributed by atoms with Crippen LogP contribution >= 0.6 is 11.6 Å². The number of carboxylic acids is 1.